The maximum atomic E-state index is 14.2. The first-order valence-electron chi connectivity index (χ1n) is 39.5. The van der Waals surface area contributed by atoms with E-state index in [1.165, 1.54) is 7.11 Å². The Morgan fingerprint density at radius 2 is 0.857 bits per heavy atom. The molecule has 0 spiro atoms. The topological polar surface area (TPSA) is 301 Å². The highest BCUT2D eigenvalue weighted by molar-refractivity contribution is 7.80. The number of ketones is 2. The molecular formula is C83H135F3N8O16S2. The van der Waals surface area contributed by atoms with E-state index in [1.807, 2.05) is 140 Å². The number of hydrogen-bond donors (Lipinski definition) is 6. The number of carbonyl (C=O) groups is 9. The minimum atomic E-state index is -5.08. The van der Waals surface area contributed by atoms with Crippen molar-refractivity contribution in [1.29, 1.82) is 0 Å². The van der Waals surface area contributed by atoms with Crippen LogP contribution in [0.15, 0.2) is 60.7 Å². The molecule has 0 bridgehead atoms. The minimum absolute atomic E-state index is 0.0126. The van der Waals surface area contributed by atoms with Gasteiger partial charge in [-0.3, -0.25) is 28.8 Å². The third-order valence-electron chi connectivity index (χ3n) is 22.5. The van der Waals surface area contributed by atoms with E-state index in [0.717, 1.165) is 43.2 Å². The number of halogens is 3. The number of nitrogens with one attached hydrogen (secondary N) is 4. The van der Waals surface area contributed by atoms with Crippen molar-refractivity contribution in [3.05, 3.63) is 71.8 Å². The number of ether oxygens (including phenoxy) is 5. The Kier molecular flexibility index (Phi) is 45.3. The molecule has 29 heteroatoms. The summed E-state index contributed by atoms with van der Waals surface area (Å²) in [5, 5.41) is 29.6. The lowest BCUT2D eigenvalue weighted by Gasteiger charge is -2.41. The molecule has 18 atom stereocenters. The third kappa shape index (κ3) is 30.2. The fourth-order valence-corrected chi connectivity index (χ4v) is 16.2. The maximum absolute atomic E-state index is 14.2. The third-order valence-corrected chi connectivity index (χ3v) is 23.5. The lowest BCUT2D eigenvalue weighted by atomic mass is 9.84. The molecule has 112 heavy (non-hydrogen) atoms. The summed E-state index contributed by atoms with van der Waals surface area (Å²) >= 11 is 11.6. The zero-order valence-corrected chi connectivity index (χ0v) is 72.4. The fraction of sp³-hybridized carbons (Fsp3) is 0.723. The Balaban J connectivity index is 0.000000699. The summed E-state index contributed by atoms with van der Waals surface area (Å²) in [6, 6.07) is 15.5. The van der Waals surface area contributed by atoms with Gasteiger partial charge >= 0.3 is 24.1 Å². The molecular weight excluding hydrogens is 1490 g/mol. The monoisotopic (exact) mass is 1620 g/mol. The summed E-state index contributed by atoms with van der Waals surface area (Å²) in [4.78, 5) is 125. The van der Waals surface area contributed by atoms with Gasteiger partial charge in [0.1, 0.15) is 12.1 Å². The van der Waals surface area contributed by atoms with Crippen LogP contribution in [-0.4, -0.2) is 249 Å². The SMILES string of the molecule is CC[C@H](C)[C@@H]([C@@H](CC(=O)N1CCC[C@H]1[C@H](OC)[C@@H](C)C(=S)N[C@@H](Cc1ccccc1)C(=O)O)OC)N(C)C(=O)[C@@H](CC(=O)[C@@H](NC)C(C)C)C(C)C.CC[C@H](C)[C@@H]([C@@H](CC(=O)N1CCC[C@H]1[C@H](OC)[C@@H](C)C(=S)N[C@@H](Cc1ccccc1)C(=O)OC)OC)N(C)C(=O)[C@@H](CC(=O)[C@@H](NC)C(C)C)C(C)C.O=C(O)C(F)(F)F. The first-order valence-corrected chi connectivity index (χ1v) is 40.3. The summed E-state index contributed by atoms with van der Waals surface area (Å²) in [5.41, 5.74) is 1.85. The summed E-state index contributed by atoms with van der Waals surface area (Å²) in [5.74, 6) is -6.15. The van der Waals surface area contributed by atoms with Crippen molar-refractivity contribution in [2.24, 2.45) is 59.2 Å². The van der Waals surface area contributed by atoms with Crippen molar-refractivity contribution in [2.45, 2.75) is 253 Å². The van der Waals surface area contributed by atoms with Crippen LogP contribution in [0.4, 0.5) is 13.2 Å². The first kappa shape index (κ1) is 101. The number of carbonyl (C=O) groups excluding carboxylic acids is 7. The second kappa shape index (κ2) is 50.0. The number of thiocarbonyl (C=S) groups is 2. The highest BCUT2D eigenvalue weighted by Crippen LogP contribution is 2.34. The first-order chi connectivity index (χ1) is 52.5. The van der Waals surface area contributed by atoms with E-state index >= 15 is 0 Å². The van der Waals surface area contributed by atoms with Crippen LogP contribution in [0.1, 0.15) is 172 Å². The van der Waals surface area contributed by atoms with Crippen LogP contribution in [0, 0.1) is 59.2 Å². The van der Waals surface area contributed by atoms with Gasteiger partial charge in [0, 0.05) is 105 Å². The Morgan fingerprint density at radius 3 is 1.12 bits per heavy atom. The molecule has 2 saturated heterocycles. The molecule has 2 aromatic carbocycles. The van der Waals surface area contributed by atoms with Crippen LogP contribution >= 0.6 is 24.4 Å². The number of aliphatic carboxylic acids is 2. The van der Waals surface area contributed by atoms with Crippen molar-refractivity contribution in [2.75, 3.05) is 76.8 Å². The predicted molar refractivity (Wildman–Crippen MR) is 436 cm³/mol. The minimum Gasteiger partial charge on any atom is -0.480 e. The molecule has 0 unspecified atom stereocenters. The van der Waals surface area contributed by atoms with Crippen molar-refractivity contribution in [1.82, 2.24) is 40.9 Å². The number of Topliss-reactive ketones (excluding diaryl/α,β-unsaturated/α-hetero) is 2. The second-order valence-corrected chi connectivity index (χ2v) is 32.3. The number of benzene rings is 2. The number of likely N-dealkylation sites (N-methyl/N-ethyl adjacent to an activating group) is 4. The van der Waals surface area contributed by atoms with Crippen LogP contribution in [0.25, 0.3) is 0 Å². The molecule has 636 valence electrons. The van der Waals surface area contributed by atoms with Crippen molar-refractivity contribution in [3.63, 3.8) is 0 Å². The summed E-state index contributed by atoms with van der Waals surface area (Å²) < 4.78 is 61.0. The van der Waals surface area contributed by atoms with E-state index in [9.17, 15) is 56.6 Å². The molecule has 24 nitrogen and oxygen atoms in total. The molecule has 0 aromatic heterocycles. The standard InChI is InChI=1S/C41H68N4O7S.C40H66N4O7S.C2HF3O2/c1-13-27(6)37(44(9)40(48)30(25(2)3)23-33(46)36(42-8)26(4)5)34(50-10)24-35(47)45-21-17-20-32(45)38(51-11)28(7)39(53)43-31(41(49)52-12)22-29-18-15-14-16-19-29;1-12-26(6)36(43(9)39(47)29(24(2)3)22-32(45)35(41-8)25(4)5)33(50-10)23-34(46)44-20-16-19-31(44)37(51-11)27(7)38(52)42-30(40(48)49)21-28-17-14-13-15-18-28;3-2(4,5)1(6)7/h14-16,18-19,25-28,30-32,34,36-38,42H,13,17,20-24H2,1-12H3,(H,43,53);13-15,17-18,24-27,29-31,33,35-37,41H,12,16,19-23H2,1-11H3,(H,42,52)(H,48,49);(H,6,7)/t27-,28+,30-,31-,32-,34+,36-,37-,38+;26-,27+,29-,30-,31-,33+,35-,36-,37+;/m00./s1. The predicted octanol–water partition coefficient (Wildman–Crippen LogP) is 10.7. The van der Waals surface area contributed by atoms with Gasteiger partial charge in [0.25, 0.3) is 0 Å². The number of nitrogens with zero attached hydrogens (tertiary/aromatic N) is 4. The van der Waals surface area contributed by atoms with Gasteiger partial charge < -0.3 is 74.8 Å². The number of carboxylic acids is 2. The molecule has 2 aromatic rings. The molecule has 2 aliphatic rings. The lowest BCUT2D eigenvalue weighted by Crippen LogP contribution is -2.55. The highest BCUT2D eigenvalue weighted by atomic mass is 32.1. The number of rotatable bonds is 44. The smallest absolute Gasteiger partial charge is 0.480 e. The summed E-state index contributed by atoms with van der Waals surface area (Å²) in [7, 11) is 14.8. The van der Waals surface area contributed by atoms with Crippen LogP contribution in [0.5, 0.6) is 0 Å². The number of methoxy groups -OCH3 is 5. The average molecular weight is 1620 g/mol. The van der Waals surface area contributed by atoms with Gasteiger partial charge in [-0.25, -0.2) is 14.4 Å². The fourth-order valence-electron chi connectivity index (χ4n) is 15.6. The Bertz CT molecular complexity index is 3270. The zero-order valence-electron chi connectivity index (χ0n) is 70.7. The summed E-state index contributed by atoms with van der Waals surface area (Å²) in [6.07, 6.45) is -1.47. The number of likely N-dealkylation sites (tertiary alicyclic amines) is 2. The molecule has 0 radical (unpaired) electrons. The van der Waals surface area contributed by atoms with Gasteiger partial charge in [-0.1, -0.05) is 195 Å². The van der Waals surface area contributed by atoms with E-state index in [0.29, 0.717) is 35.9 Å². The van der Waals surface area contributed by atoms with Crippen LogP contribution < -0.4 is 21.3 Å². The summed E-state index contributed by atoms with van der Waals surface area (Å²) in [6.45, 7) is 29.1. The number of amides is 4. The quantitative estimate of drug-likeness (QED) is 0.0265. The molecule has 4 rings (SSSR count). The van der Waals surface area contributed by atoms with Gasteiger partial charge in [-0.2, -0.15) is 13.2 Å². The second-order valence-electron chi connectivity index (χ2n) is 31.4. The zero-order chi connectivity index (χ0) is 85.4. The molecule has 2 fully saturated rings. The normalized spacial score (nSPS) is 18.7. The van der Waals surface area contributed by atoms with Crippen molar-refractivity contribution in [3.8, 4) is 0 Å². The Labute approximate surface area is 675 Å². The van der Waals surface area contributed by atoms with Crippen molar-refractivity contribution < 1.29 is 90.2 Å². The van der Waals surface area contributed by atoms with E-state index in [2.05, 4.69) is 49.0 Å². The molecule has 2 heterocycles. The van der Waals surface area contributed by atoms with Gasteiger partial charge in [0.15, 0.2) is 11.6 Å². The van der Waals surface area contributed by atoms with E-state index in [-0.39, 0.29) is 139 Å². The van der Waals surface area contributed by atoms with Gasteiger partial charge in [-0.15, -0.1) is 0 Å². The van der Waals surface area contributed by atoms with Crippen LogP contribution in [0.3, 0.4) is 0 Å². The lowest BCUT2D eigenvalue weighted by molar-refractivity contribution is -0.192. The maximum Gasteiger partial charge on any atom is 0.490 e. The Morgan fingerprint density at radius 1 is 0.527 bits per heavy atom. The Hall–Kier alpha value is -6.60. The number of hydrogen-bond acceptors (Lipinski definition) is 18. The number of esters is 1. The van der Waals surface area contributed by atoms with Gasteiger partial charge in [0.05, 0.1) is 90.6 Å². The van der Waals surface area contributed by atoms with Crippen LogP contribution in [-0.2, 0) is 79.7 Å². The van der Waals surface area contributed by atoms with Crippen LogP contribution in [0.2, 0.25) is 0 Å². The molecule has 0 aliphatic carbocycles. The molecule has 2 aliphatic heterocycles. The average Bonchev–Trinajstić information content (AvgIpc) is 1.52. The van der Waals surface area contributed by atoms with Crippen molar-refractivity contribution >= 4 is 87.5 Å². The van der Waals surface area contributed by atoms with Gasteiger partial charge in [0.2, 0.25) is 23.6 Å². The molecule has 6 N–H and O–H groups in total. The van der Waals surface area contributed by atoms with Gasteiger partial charge in [-0.05, 0) is 86.4 Å². The highest BCUT2D eigenvalue weighted by Gasteiger charge is 2.46. The molecule has 0 saturated carbocycles. The van der Waals surface area contributed by atoms with E-state index < -0.39 is 84.5 Å². The number of alkyl halides is 3. The molecule has 4 amide bonds. The number of carboxylic acid groups (broad SMARTS) is 2. The van der Waals surface area contributed by atoms with E-state index in [1.54, 1.807) is 66.4 Å². The largest absolute Gasteiger partial charge is 0.490 e. The van der Waals surface area contributed by atoms with E-state index in [4.69, 9.17) is 58.0 Å².